The largest absolute Gasteiger partial charge is 0.451 e. The predicted molar refractivity (Wildman–Crippen MR) is 123 cm³/mol. The number of terminal acetylenes is 1. The van der Waals surface area contributed by atoms with Gasteiger partial charge in [0, 0.05) is 24.7 Å². The molecule has 7 nitrogen and oxygen atoms in total. The van der Waals surface area contributed by atoms with Crippen molar-refractivity contribution in [1.29, 1.82) is 0 Å². The molecule has 0 saturated heterocycles. The molecule has 1 atom stereocenters. The number of nitrogens with zero attached hydrogens (tertiary/aromatic N) is 2. The minimum Gasteiger partial charge on any atom is -0.451 e. The lowest BCUT2D eigenvalue weighted by atomic mass is 10.3. The number of ether oxygens (including phenoxy) is 1. The van der Waals surface area contributed by atoms with E-state index in [1.807, 2.05) is 4.90 Å². The molecule has 11 heteroatoms. The van der Waals surface area contributed by atoms with E-state index in [2.05, 4.69) is 19.4 Å². The van der Waals surface area contributed by atoms with Gasteiger partial charge >= 0.3 is 0 Å². The lowest BCUT2D eigenvalue weighted by Gasteiger charge is -2.23. The molecule has 2 N–H and O–H groups in total. The molecule has 0 aliphatic carbocycles. The van der Waals surface area contributed by atoms with Crippen molar-refractivity contribution in [2.24, 2.45) is 0 Å². The molecule has 0 aliphatic heterocycles. The number of halogens is 3. The maximum atomic E-state index is 14.6. The Kier molecular flexibility index (Phi) is 12.3. The van der Waals surface area contributed by atoms with Gasteiger partial charge in [0.1, 0.15) is 16.7 Å². The Morgan fingerprint density at radius 1 is 1.24 bits per heavy atom. The molecule has 0 bridgehead atoms. The number of rotatable bonds is 11. The van der Waals surface area contributed by atoms with Gasteiger partial charge in [-0.05, 0) is 43.4 Å². The van der Waals surface area contributed by atoms with Crippen LogP contribution in [0.4, 0.5) is 8.78 Å². The maximum Gasteiger partial charge on any atom is 0.258 e. The fourth-order valence-electron chi connectivity index (χ4n) is 2.51. The lowest BCUT2D eigenvalue weighted by molar-refractivity contribution is -0.129. The summed E-state index contributed by atoms with van der Waals surface area (Å²) in [6, 6.07) is 7.65. The summed E-state index contributed by atoms with van der Waals surface area (Å²) >= 11 is 5.78. The lowest BCUT2D eigenvalue weighted by Crippen LogP contribution is -2.41. The zero-order valence-electron chi connectivity index (χ0n) is 17.8. The van der Waals surface area contributed by atoms with Crippen molar-refractivity contribution in [2.75, 3.05) is 33.2 Å². The third-order valence-electron chi connectivity index (χ3n) is 4.06. The fraction of sp³-hybridized carbons (Fsp3) is 0.227. The summed E-state index contributed by atoms with van der Waals surface area (Å²) in [5.41, 5.74) is 1.46. The number of hydrogen-bond donors (Lipinski definition) is 2. The Morgan fingerprint density at radius 3 is 2.33 bits per heavy atom. The van der Waals surface area contributed by atoms with Crippen LogP contribution in [0.5, 0.6) is 11.5 Å². The van der Waals surface area contributed by atoms with Crippen LogP contribution in [0.15, 0.2) is 53.9 Å². The Labute approximate surface area is 199 Å². The van der Waals surface area contributed by atoms with Crippen molar-refractivity contribution in [3.63, 3.8) is 0 Å². The Morgan fingerprint density at radius 2 is 1.82 bits per heavy atom. The van der Waals surface area contributed by atoms with Crippen LogP contribution >= 0.6 is 11.6 Å². The van der Waals surface area contributed by atoms with Gasteiger partial charge in [0.25, 0.3) is 5.91 Å². The smallest absolute Gasteiger partial charge is 0.258 e. The third kappa shape index (κ3) is 8.92. The van der Waals surface area contributed by atoms with Gasteiger partial charge in [0.2, 0.25) is 0 Å². The highest BCUT2D eigenvalue weighted by atomic mass is 35.5. The average molecular weight is 500 g/mol. The highest BCUT2D eigenvalue weighted by Gasteiger charge is 2.23. The van der Waals surface area contributed by atoms with E-state index in [9.17, 15) is 17.8 Å². The number of likely N-dealkylation sites (N-methyl/N-ethyl adjacent to an activating group) is 1. The van der Waals surface area contributed by atoms with Gasteiger partial charge in [0.15, 0.2) is 17.4 Å². The van der Waals surface area contributed by atoms with Gasteiger partial charge in [-0.3, -0.25) is 10.0 Å². The van der Waals surface area contributed by atoms with Gasteiger partial charge < -0.3 is 9.64 Å². The van der Waals surface area contributed by atoms with Gasteiger partial charge in [0.05, 0.1) is 11.4 Å². The first-order chi connectivity index (χ1) is 15.7. The standard InChI is InChI=1S/C20H22ClF2N3O4S.C2H2/c1-3-8-25(2)9-10-26(13-19(27)24-28)31(29)16-11-17(22)20(18(23)12-16)30-15-6-4-14(21)5-7-15;1-2/h3-7,11-12,28H,1,8-10,13H2,2H3,(H,24,27);1-2H. The van der Waals surface area contributed by atoms with E-state index in [-0.39, 0.29) is 17.2 Å². The maximum absolute atomic E-state index is 14.6. The van der Waals surface area contributed by atoms with Crippen molar-refractivity contribution < 1.29 is 27.7 Å². The first-order valence-corrected chi connectivity index (χ1v) is 10.9. The molecule has 0 saturated carbocycles. The second kappa shape index (κ2) is 14.4. The van der Waals surface area contributed by atoms with Crippen LogP contribution in [0.3, 0.4) is 0 Å². The number of carbonyl (C=O) groups is 1. The number of hydrogen-bond acceptors (Lipinski definition) is 5. The van der Waals surface area contributed by atoms with Gasteiger partial charge in [-0.1, -0.05) is 17.7 Å². The minimum atomic E-state index is -2.09. The monoisotopic (exact) mass is 499 g/mol. The molecule has 1 amide bonds. The molecule has 0 spiro atoms. The number of carbonyl (C=O) groups excluding carboxylic acids is 1. The number of amides is 1. The highest BCUT2D eigenvalue weighted by molar-refractivity contribution is 7.82. The topological polar surface area (TPSA) is 82.1 Å². The van der Waals surface area contributed by atoms with Crippen molar-refractivity contribution >= 4 is 28.5 Å². The second-order valence-corrected chi connectivity index (χ2v) is 8.39. The van der Waals surface area contributed by atoms with Crippen LogP contribution in [0, 0.1) is 24.5 Å². The van der Waals surface area contributed by atoms with Crippen LogP contribution in [0.2, 0.25) is 5.02 Å². The normalized spacial score (nSPS) is 11.4. The summed E-state index contributed by atoms with van der Waals surface area (Å²) in [6.07, 6.45) is 9.67. The van der Waals surface area contributed by atoms with E-state index < -0.39 is 40.8 Å². The Bertz CT molecular complexity index is 966. The first-order valence-electron chi connectivity index (χ1n) is 9.40. The van der Waals surface area contributed by atoms with Crippen molar-refractivity contribution in [3.8, 4) is 24.3 Å². The van der Waals surface area contributed by atoms with Crippen molar-refractivity contribution in [2.45, 2.75) is 4.90 Å². The van der Waals surface area contributed by atoms with E-state index in [0.717, 1.165) is 12.1 Å². The van der Waals surface area contributed by atoms with Gasteiger partial charge in [-0.25, -0.2) is 22.8 Å². The fourth-order valence-corrected chi connectivity index (χ4v) is 3.83. The average Bonchev–Trinajstić information content (AvgIpc) is 2.81. The highest BCUT2D eigenvalue weighted by Crippen LogP contribution is 2.30. The van der Waals surface area contributed by atoms with E-state index in [1.165, 1.54) is 34.1 Å². The summed E-state index contributed by atoms with van der Waals surface area (Å²) in [5, 5.41) is 9.22. The van der Waals surface area contributed by atoms with Gasteiger partial charge in [-0.2, -0.15) is 0 Å². The van der Waals surface area contributed by atoms with E-state index in [1.54, 1.807) is 13.1 Å². The molecule has 0 radical (unpaired) electrons. The molecule has 2 aromatic carbocycles. The molecule has 178 valence electrons. The Hall–Kier alpha value is -2.81. The molecular formula is C22H24ClF2N3O4S. The van der Waals surface area contributed by atoms with Crippen LogP contribution in [0.25, 0.3) is 0 Å². The summed E-state index contributed by atoms with van der Waals surface area (Å²) in [6.45, 7) is 4.23. The third-order valence-corrected chi connectivity index (χ3v) is 5.73. The number of benzene rings is 2. The van der Waals surface area contributed by atoms with Crippen LogP contribution in [-0.4, -0.2) is 57.8 Å². The Balaban J connectivity index is 0.00000265. The first kappa shape index (κ1) is 28.2. The molecule has 1 unspecified atom stereocenters. The molecule has 0 heterocycles. The zero-order valence-corrected chi connectivity index (χ0v) is 19.4. The molecule has 33 heavy (non-hydrogen) atoms. The van der Waals surface area contributed by atoms with Crippen LogP contribution < -0.4 is 10.2 Å². The SMILES string of the molecule is C#C.C=CCN(C)CCN(CC(=O)NO)S(=O)c1cc(F)c(Oc2ccc(Cl)cc2)c(F)c1. The van der Waals surface area contributed by atoms with Crippen molar-refractivity contribution in [3.05, 3.63) is 65.7 Å². The number of nitrogens with one attached hydrogen (secondary N) is 1. The van der Waals surface area contributed by atoms with E-state index >= 15 is 0 Å². The van der Waals surface area contributed by atoms with E-state index in [4.69, 9.17) is 21.5 Å². The summed E-state index contributed by atoms with van der Waals surface area (Å²) in [4.78, 5) is 13.2. The quantitative estimate of drug-likeness (QED) is 0.214. The molecule has 2 aromatic rings. The van der Waals surface area contributed by atoms with Crippen LogP contribution in [-0.2, 0) is 15.8 Å². The van der Waals surface area contributed by atoms with Gasteiger partial charge in [-0.15, -0.1) is 19.4 Å². The summed E-state index contributed by atoms with van der Waals surface area (Å²) in [7, 11) is -0.297. The summed E-state index contributed by atoms with van der Waals surface area (Å²) in [5.74, 6) is -3.43. The summed E-state index contributed by atoms with van der Waals surface area (Å²) < 4.78 is 48.5. The number of hydroxylamine groups is 1. The molecule has 2 rings (SSSR count). The van der Waals surface area contributed by atoms with Crippen molar-refractivity contribution in [1.82, 2.24) is 14.7 Å². The predicted octanol–water partition coefficient (Wildman–Crippen LogP) is 3.61. The molecule has 0 aromatic heterocycles. The molecule has 0 aliphatic rings. The minimum absolute atomic E-state index is 0.122. The second-order valence-electron chi connectivity index (χ2n) is 6.47. The van der Waals surface area contributed by atoms with Crippen LogP contribution in [0.1, 0.15) is 0 Å². The zero-order chi connectivity index (χ0) is 25.0. The molecular weight excluding hydrogens is 476 g/mol. The van der Waals surface area contributed by atoms with E-state index in [0.29, 0.717) is 18.1 Å². The molecule has 0 fully saturated rings.